The molecule has 0 aliphatic heterocycles. The Labute approximate surface area is 114 Å². The summed E-state index contributed by atoms with van der Waals surface area (Å²) < 4.78 is 10.6. The summed E-state index contributed by atoms with van der Waals surface area (Å²) in [7, 11) is 5.22. The molecule has 1 N–H and O–H groups in total. The van der Waals surface area contributed by atoms with Gasteiger partial charge in [-0.1, -0.05) is 18.2 Å². The van der Waals surface area contributed by atoms with E-state index in [-0.39, 0.29) is 0 Å². The van der Waals surface area contributed by atoms with Crippen LogP contribution in [0.25, 0.3) is 0 Å². The molecule has 0 saturated heterocycles. The van der Waals surface area contributed by atoms with Crippen molar-refractivity contribution < 1.29 is 9.47 Å². The molecule has 2 aromatic carbocycles. The van der Waals surface area contributed by atoms with Gasteiger partial charge in [0.15, 0.2) is 11.5 Å². The zero-order valence-corrected chi connectivity index (χ0v) is 11.6. The van der Waals surface area contributed by atoms with Gasteiger partial charge in [0.25, 0.3) is 0 Å². The summed E-state index contributed by atoms with van der Waals surface area (Å²) >= 11 is 0. The van der Waals surface area contributed by atoms with Gasteiger partial charge in [-0.15, -0.1) is 0 Å². The summed E-state index contributed by atoms with van der Waals surface area (Å²) in [5, 5.41) is 3.11. The van der Waals surface area contributed by atoms with E-state index in [2.05, 4.69) is 35.6 Å². The average Bonchev–Trinajstić information content (AvgIpc) is 2.48. The lowest BCUT2D eigenvalue weighted by Gasteiger charge is -2.10. The number of ether oxygens (including phenoxy) is 2. The van der Waals surface area contributed by atoms with Gasteiger partial charge in [-0.3, -0.25) is 0 Å². The van der Waals surface area contributed by atoms with Crippen molar-refractivity contribution in [2.45, 2.75) is 6.42 Å². The number of nitrogens with one attached hydrogen (secondary N) is 1. The molecule has 3 heteroatoms. The SMILES string of the molecule is CNc1ccc(Cc2ccc(OC)c(OC)c2)cc1. The molecule has 0 radical (unpaired) electrons. The molecule has 0 amide bonds. The third-order valence-electron chi connectivity index (χ3n) is 3.10. The van der Waals surface area contributed by atoms with Crippen LogP contribution in [-0.2, 0) is 6.42 Å². The largest absolute Gasteiger partial charge is 0.493 e. The maximum absolute atomic E-state index is 5.32. The maximum Gasteiger partial charge on any atom is 0.160 e. The van der Waals surface area contributed by atoms with Gasteiger partial charge in [0.1, 0.15) is 0 Å². The summed E-state index contributed by atoms with van der Waals surface area (Å²) in [4.78, 5) is 0. The first-order valence-corrected chi connectivity index (χ1v) is 6.24. The molecule has 0 atom stereocenters. The molecule has 0 spiro atoms. The Kier molecular flexibility index (Phi) is 4.29. The monoisotopic (exact) mass is 257 g/mol. The molecular weight excluding hydrogens is 238 g/mol. The van der Waals surface area contributed by atoms with Gasteiger partial charge in [0.2, 0.25) is 0 Å². The van der Waals surface area contributed by atoms with Gasteiger partial charge in [-0.2, -0.15) is 0 Å². The maximum atomic E-state index is 5.32. The summed E-state index contributed by atoms with van der Waals surface area (Å²) in [6.45, 7) is 0. The van der Waals surface area contributed by atoms with E-state index in [9.17, 15) is 0 Å². The summed E-state index contributed by atoms with van der Waals surface area (Å²) in [5.41, 5.74) is 3.59. The van der Waals surface area contributed by atoms with Crippen LogP contribution in [0.3, 0.4) is 0 Å². The second kappa shape index (κ2) is 6.14. The van der Waals surface area contributed by atoms with Crippen molar-refractivity contribution in [2.75, 3.05) is 26.6 Å². The number of rotatable bonds is 5. The molecule has 0 fully saturated rings. The fourth-order valence-electron chi connectivity index (χ4n) is 2.02. The molecular formula is C16H19NO2. The van der Waals surface area contributed by atoms with E-state index in [1.165, 1.54) is 11.1 Å². The molecule has 0 bridgehead atoms. The predicted octanol–water partition coefficient (Wildman–Crippen LogP) is 3.34. The number of hydrogen-bond acceptors (Lipinski definition) is 3. The minimum Gasteiger partial charge on any atom is -0.493 e. The van der Waals surface area contributed by atoms with Crippen LogP contribution in [0.15, 0.2) is 42.5 Å². The first-order chi connectivity index (χ1) is 9.26. The third-order valence-corrected chi connectivity index (χ3v) is 3.10. The Hall–Kier alpha value is -2.16. The fraction of sp³-hybridized carbons (Fsp3) is 0.250. The fourth-order valence-corrected chi connectivity index (χ4v) is 2.02. The first-order valence-electron chi connectivity index (χ1n) is 6.24. The van der Waals surface area contributed by atoms with Gasteiger partial charge < -0.3 is 14.8 Å². The third kappa shape index (κ3) is 3.19. The standard InChI is InChI=1S/C16H19NO2/c1-17-14-7-4-12(5-8-14)10-13-6-9-15(18-2)16(11-13)19-3/h4-9,11,17H,10H2,1-3H3. The van der Waals surface area contributed by atoms with Crippen molar-refractivity contribution in [1.29, 1.82) is 0 Å². The molecule has 0 saturated carbocycles. The highest BCUT2D eigenvalue weighted by molar-refractivity contribution is 5.47. The molecule has 19 heavy (non-hydrogen) atoms. The van der Waals surface area contributed by atoms with Gasteiger partial charge in [0, 0.05) is 12.7 Å². The zero-order chi connectivity index (χ0) is 13.7. The average molecular weight is 257 g/mol. The Bertz CT molecular complexity index is 535. The van der Waals surface area contributed by atoms with Crippen LogP contribution in [0.1, 0.15) is 11.1 Å². The highest BCUT2D eigenvalue weighted by atomic mass is 16.5. The smallest absolute Gasteiger partial charge is 0.160 e. The lowest BCUT2D eigenvalue weighted by molar-refractivity contribution is 0.354. The number of methoxy groups -OCH3 is 2. The summed E-state index contributed by atoms with van der Waals surface area (Å²) in [6, 6.07) is 14.4. The Balaban J connectivity index is 2.18. The quantitative estimate of drug-likeness (QED) is 0.891. The van der Waals surface area contributed by atoms with Crippen molar-refractivity contribution in [3.05, 3.63) is 53.6 Å². The Morgan fingerprint density at radius 3 is 2.05 bits per heavy atom. The summed E-state index contributed by atoms with van der Waals surface area (Å²) in [6.07, 6.45) is 0.879. The minimum atomic E-state index is 0.761. The van der Waals surface area contributed by atoms with Crippen LogP contribution in [-0.4, -0.2) is 21.3 Å². The molecule has 3 nitrogen and oxygen atoms in total. The number of anilines is 1. The van der Waals surface area contributed by atoms with Crippen LogP contribution < -0.4 is 14.8 Å². The summed E-state index contributed by atoms with van der Waals surface area (Å²) in [5.74, 6) is 1.53. The van der Waals surface area contributed by atoms with Crippen LogP contribution >= 0.6 is 0 Å². The zero-order valence-electron chi connectivity index (χ0n) is 11.6. The van der Waals surface area contributed by atoms with Gasteiger partial charge >= 0.3 is 0 Å². The van der Waals surface area contributed by atoms with E-state index in [1.807, 2.05) is 19.2 Å². The van der Waals surface area contributed by atoms with Crippen molar-refractivity contribution in [2.24, 2.45) is 0 Å². The molecule has 2 aromatic rings. The molecule has 0 unspecified atom stereocenters. The van der Waals surface area contributed by atoms with E-state index >= 15 is 0 Å². The second-order valence-electron chi connectivity index (χ2n) is 4.31. The van der Waals surface area contributed by atoms with E-state index in [4.69, 9.17) is 9.47 Å². The van der Waals surface area contributed by atoms with Crippen molar-refractivity contribution in [3.8, 4) is 11.5 Å². The Morgan fingerprint density at radius 2 is 1.47 bits per heavy atom. The lowest BCUT2D eigenvalue weighted by Crippen LogP contribution is -1.94. The molecule has 0 heterocycles. The van der Waals surface area contributed by atoms with Crippen LogP contribution in [0, 0.1) is 0 Å². The molecule has 100 valence electrons. The number of benzene rings is 2. The molecule has 0 aromatic heterocycles. The van der Waals surface area contributed by atoms with E-state index in [0.717, 1.165) is 23.6 Å². The van der Waals surface area contributed by atoms with Crippen molar-refractivity contribution >= 4 is 5.69 Å². The van der Waals surface area contributed by atoms with Crippen molar-refractivity contribution in [1.82, 2.24) is 0 Å². The second-order valence-corrected chi connectivity index (χ2v) is 4.31. The lowest BCUT2D eigenvalue weighted by atomic mass is 10.0. The highest BCUT2D eigenvalue weighted by Crippen LogP contribution is 2.28. The first kappa shape index (κ1) is 13.3. The van der Waals surface area contributed by atoms with Gasteiger partial charge in [0.05, 0.1) is 14.2 Å². The molecule has 2 rings (SSSR count). The van der Waals surface area contributed by atoms with Crippen LogP contribution in [0.4, 0.5) is 5.69 Å². The van der Waals surface area contributed by atoms with Crippen LogP contribution in [0.5, 0.6) is 11.5 Å². The minimum absolute atomic E-state index is 0.761. The number of hydrogen-bond donors (Lipinski definition) is 1. The highest BCUT2D eigenvalue weighted by Gasteiger charge is 2.05. The topological polar surface area (TPSA) is 30.5 Å². The van der Waals surface area contributed by atoms with E-state index in [0.29, 0.717) is 0 Å². The Morgan fingerprint density at radius 1 is 0.842 bits per heavy atom. The van der Waals surface area contributed by atoms with Gasteiger partial charge in [-0.05, 0) is 41.8 Å². The van der Waals surface area contributed by atoms with Crippen LogP contribution in [0.2, 0.25) is 0 Å². The molecule has 0 aliphatic carbocycles. The van der Waals surface area contributed by atoms with E-state index in [1.54, 1.807) is 14.2 Å². The normalized spacial score (nSPS) is 10.1. The predicted molar refractivity (Wildman–Crippen MR) is 78.3 cm³/mol. The molecule has 0 aliphatic rings. The van der Waals surface area contributed by atoms with Gasteiger partial charge in [-0.25, -0.2) is 0 Å². The van der Waals surface area contributed by atoms with E-state index < -0.39 is 0 Å². The van der Waals surface area contributed by atoms with Crippen molar-refractivity contribution in [3.63, 3.8) is 0 Å².